The fraction of sp³-hybridized carbons (Fsp3) is 0.444. The first-order chi connectivity index (χ1) is 12.0. The Hall–Kier alpha value is -2.05. The Balaban J connectivity index is 1.95. The molecule has 0 bridgehead atoms. The number of pyridine rings is 1. The zero-order chi connectivity index (χ0) is 18.0. The van der Waals surface area contributed by atoms with Crippen molar-refractivity contribution >= 4 is 28.4 Å². The molecule has 0 unspecified atom stereocenters. The van der Waals surface area contributed by atoms with Crippen molar-refractivity contribution in [2.24, 2.45) is 0 Å². The van der Waals surface area contributed by atoms with Crippen LogP contribution in [0.3, 0.4) is 0 Å². The van der Waals surface area contributed by atoms with Crippen LogP contribution in [0.1, 0.15) is 30.6 Å². The first-order valence-corrected chi connectivity index (χ1v) is 8.79. The maximum Gasteiger partial charge on any atom is 0.256 e. The summed E-state index contributed by atoms with van der Waals surface area (Å²) in [4.78, 5) is 25.3. The van der Waals surface area contributed by atoms with E-state index in [1.54, 1.807) is 18.3 Å². The van der Waals surface area contributed by atoms with Crippen molar-refractivity contribution in [3.63, 3.8) is 0 Å². The molecular weight excluding hydrogens is 344 g/mol. The predicted octanol–water partition coefficient (Wildman–Crippen LogP) is 2.59. The summed E-state index contributed by atoms with van der Waals surface area (Å²) >= 11 is 6.24. The average Bonchev–Trinajstić information content (AvgIpc) is 2.58. The van der Waals surface area contributed by atoms with Crippen molar-refractivity contribution in [3.05, 3.63) is 39.1 Å². The molecule has 0 radical (unpaired) electrons. The lowest BCUT2D eigenvalue weighted by molar-refractivity contribution is 0.0942. The zero-order valence-electron chi connectivity index (χ0n) is 14.3. The maximum absolute atomic E-state index is 12.8. The molecule has 1 aliphatic rings. The number of nitrogens with zero attached hydrogens (tertiary/aromatic N) is 1. The summed E-state index contributed by atoms with van der Waals surface area (Å²) in [6.45, 7) is 6.07. The molecule has 1 aliphatic heterocycles. The third kappa shape index (κ3) is 3.50. The number of benzene rings is 1. The Morgan fingerprint density at radius 2 is 2.28 bits per heavy atom. The van der Waals surface area contributed by atoms with Crippen molar-refractivity contribution in [1.29, 1.82) is 0 Å². The van der Waals surface area contributed by atoms with E-state index in [1.807, 2.05) is 18.4 Å². The molecule has 0 fully saturated rings. The second-order valence-electron chi connectivity index (χ2n) is 6.03. The van der Waals surface area contributed by atoms with Gasteiger partial charge in [0.2, 0.25) is 5.43 Å². The lowest BCUT2D eigenvalue weighted by Gasteiger charge is -2.26. The van der Waals surface area contributed by atoms with Gasteiger partial charge in [0.05, 0.1) is 22.5 Å². The molecule has 0 saturated carbocycles. The number of carbonyl (C=O) groups is 1. The molecule has 7 heteroatoms. The van der Waals surface area contributed by atoms with E-state index in [0.29, 0.717) is 54.4 Å². The minimum Gasteiger partial charge on any atom is -0.487 e. The number of ether oxygens (including phenoxy) is 2. The second kappa shape index (κ2) is 7.45. The van der Waals surface area contributed by atoms with E-state index >= 15 is 0 Å². The lowest BCUT2D eigenvalue weighted by atomic mass is 10.1. The number of amides is 1. The monoisotopic (exact) mass is 364 g/mol. The van der Waals surface area contributed by atoms with Crippen molar-refractivity contribution in [1.82, 2.24) is 9.88 Å². The molecular formula is C18H21ClN2O4. The normalized spacial score (nSPS) is 15.9. The molecule has 1 atom stereocenters. The molecule has 1 N–H and O–H groups in total. The Bertz CT molecular complexity index is 862. The van der Waals surface area contributed by atoms with Crippen LogP contribution < -0.4 is 15.5 Å². The van der Waals surface area contributed by atoms with E-state index in [0.717, 1.165) is 0 Å². The van der Waals surface area contributed by atoms with Crippen LogP contribution in [0.4, 0.5) is 0 Å². The third-order valence-electron chi connectivity index (χ3n) is 4.12. The van der Waals surface area contributed by atoms with Gasteiger partial charge in [-0.1, -0.05) is 11.6 Å². The van der Waals surface area contributed by atoms with E-state index in [2.05, 4.69) is 5.32 Å². The number of carbonyl (C=O) groups excluding carboxylic acids is 1. The standard InChI is InChI=1S/C18H21ClN2O4/c1-3-24-8-4-7-20-18(23)12-10-21-9-11(2)25-14-6-5-13(19)15(16(14)21)17(12)22/h5-6,10-11H,3-4,7-9H2,1-2H3,(H,20,23)/t11-/m1/s1. The summed E-state index contributed by atoms with van der Waals surface area (Å²) in [5.74, 6) is 0.215. The number of hydrogen-bond donors (Lipinski definition) is 1. The highest BCUT2D eigenvalue weighted by atomic mass is 35.5. The lowest BCUT2D eigenvalue weighted by Crippen LogP contribution is -2.33. The molecule has 6 nitrogen and oxygen atoms in total. The van der Waals surface area contributed by atoms with Crippen LogP contribution in [-0.2, 0) is 11.3 Å². The molecule has 134 valence electrons. The highest BCUT2D eigenvalue weighted by Gasteiger charge is 2.24. The van der Waals surface area contributed by atoms with Gasteiger partial charge in [-0.25, -0.2) is 0 Å². The van der Waals surface area contributed by atoms with Gasteiger partial charge in [0, 0.05) is 26.0 Å². The summed E-state index contributed by atoms with van der Waals surface area (Å²) in [6.07, 6.45) is 2.24. The van der Waals surface area contributed by atoms with Crippen LogP contribution in [0.2, 0.25) is 5.02 Å². The van der Waals surface area contributed by atoms with Gasteiger partial charge in [0.15, 0.2) is 0 Å². The number of rotatable bonds is 6. The van der Waals surface area contributed by atoms with Crippen molar-refractivity contribution in [3.8, 4) is 5.75 Å². The van der Waals surface area contributed by atoms with E-state index < -0.39 is 5.91 Å². The van der Waals surface area contributed by atoms with E-state index in [4.69, 9.17) is 21.1 Å². The van der Waals surface area contributed by atoms with E-state index in [1.165, 1.54) is 0 Å². The van der Waals surface area contributed by atoms with E-state index in [9.17, 15) is 9.59 Å². The Kier molecular flexibility index (Phi) is 5.30. The van der Waals surface area contributed by atoms with Crippen LogP contribution in [0.5, 0.6) is 5.75 Å². The molecule has 0 saturated heterocycles. The van der Waals surface area contributed by atoms with Gasteiger partial charge in [-0.05, 0) is 32.4 Å². The molecule has 2 heterocycles. The predicted molar refractivity (Wildman–Crippen MR) is 96.8 cm³/mol. The van der Waals surface area contributed by atoms with Crippen molar-refractivity contribution in [2.75, 3.05) is 19.8 Å². The Morgan fingerprint density at radius 3 is 3.04 bits per heavy atom. The number of aromatic nitrogens is 1. The number of halogens is 1. The second-order valence-corrected chi connectivity index (χ2v) is 6.44. The minimum absolute atomic E-state index is 0.0542. The van der Waals surface area contributed by atoms with Gasteiger partial charge < -0.3 is 19.4 Å². The fourth-order valence-electron chi connectivity index (χ4n) is 3.01. The summed E-state index contributed by atoms with van der Waals surface area (Å²) in [5, 5.41) is 3.42. The summed E-state index contributed by atoms with van der Waals surface area (Å²) < 4.78 is 12.9. The van der Waals surface area contributed by atoms with Crippen LogP contribution in [-0.4, -0.2) is 36.3 Å². The molecule has 1 aromatic heterocycles. The van der Waals surface area contributed by atoms with Crippen LogP contribution in [0.25, 0.3) is 10.9 Å². The SMILES string of the molecule is CCOCCCNC(=O)c1cn2c3c(ccc(Cl)c3c1=O)O[C@H](C)C2. The Labute approximate surface area is 150 Å². The average molecular weight is 365 g/mol. The number of hydrogen-bond acceptors (Lipinski definition) is 4. The molecule has 2 aromatic rings. The first-order valence-electron chi connectivity index (χ1n) is 8.41. The molecule has 0 aliphatic carbocycles. The summed E-state index contributed by atoms with van der Waals surface area (Å²) in [7, 11) is 0. The molecule has 3 rings (SSSR count). The Morgan fingerprint density at radius 1 is 1.48 bits per heavy atom. The highest BCUT2D eigenvalue weighted by Crippen LogP contribution is 2.33. The minimum atomic E-state index is -0.396. The van der Waals surface area contributed by atoms with Gasteiger partial charge in [0.25, 0.3) is 5.91 Å². The highest BCUT2D eigenvalue weighted by molar-refractivity contribution is 6.35. The smallest absolute Gasteiger partial charge is 0.256 e. The topological polar surface area (TPSA) is 69.6 Å². The third-order valence-corrected chi connectivity index (χ3v) is 4.43. The van der Waals surface area contributed by atoms with Crippen LogP contribution >= 0.6 is 11.6 Å². The van der Waals surface area contributed by atoms with Crippen LogP contribution in [0.15, 0.2) is 23.1 Å². The van der Waals surface area contributed by atoms with Gasteiger partial charge in [0.1, 0.15) is 17.4 Å². The molecule has 1 amide bonds. The number of nitrogens with one attached hydrogen (secondary N) is 1. The van der Waals surface area contributed by atoms with Gasteiger partial charge in [-0.3, -0.25) is 9.59 Å². The maximum atomic E-state index is 12.8. The summed E-state index contributed by atoms with van der Waals surface area (Å²) in [5.41, 5.74) is 0.360. The molecule has 1 aromatic carbocycles. The first kappa shape index (κ1) is 17.8. The largest absolute Gasteiger partial charge is 0.487 e. The van der Waals surface area contributed by atoms with Gasteiger partial charge in [-0.15, -0.1) is 0 Å². The van der Waals surface area contributed by atoms with Crippen LogP contribution in [0, 0.1) is 0 Å². The van der Waals surface area contributed by atoms with Crippen molar-refractivity contribution in [2.45, 2.75) is 32.9 Å². The molecule has 0 spiro atoms. The zero-order valence-corrected chi connectivity index (χ0v) is 15.1. The van der Waals surface area contributed by atoms with Gasteiger partial charge >= 0.3 is 0 Å². The van der Waals surface area contributed by atoms with Gasteiger partial charge in [-0.2, -0.15) is 0 Å². The molecule has 25 heavy (non-hydrogen) atoms. The fourth-order valence-corrected chi connectivity index (χ4v) is 3.25. The van der Waals surface area contributed by atoms with Crippen molar-refractivity contribution < 1.29 is 14.3 Å². The summed E-state index contributed by atoms with van der Waals surface area (Å²) in [6, 6.07) is 3.39. The van der Waals surface area contributed by atoms with E-state index in [-0.39, 0.29) is 17.1 Å². The quantitative estimate of drug-likeness (QED) is 0.800.